The van der Waals surface area contributed by atoms with E-state index >= 15 is 0 Å². The number of hydrogen-bond acceptors (Lipinski definition) is 3. The Hall–Kier alpha value is -0.580. The second kappa shape index (κ2) is 5.85. The molecule has 1 rings (SSSR count). The van der Waals surface area contributed by atoms with Gasteiger partial charge in [-0.3, -0.25) is 0 Å². The van der Waals surface area contributed by atoms with E-state index in [1.807, 2.05) is 24.3 Å². The van der Waals surface area contributed by atoms with Gasteiger partial charge in [-0.05, 0) is 38.1 Å². The lowest BCUT2D eigenvalue weighted by Crippen LogP contribution is -2.41. The number of rotatable bonds is 5. The zero-order chi connectivity index (χ0) is 13.1. The number of sulfone groups is 1. The van der Waals surface area contributed by atoms with Gasteiger partial charge in [0, 0.05) is 17.3 Å². The van der Waals surface area contributed by atoms with Crippen LogP contribution in [0.5, 0.6) is 0 Å². The Morgan fingerprint density at radius 1 is 1.29 bits per heavy atom. The number of likely N-dealkylation sites (N-methyl/N-ethyl adjacent to an activating group) is 1. The summed E-state index contributed by atoms with van der Waals surface area (Å²) in [6.07, 6.45) is 1.94. The van der Waals surface area contributed by atoms with Crippen LogP contribution in [-0.2, 0) is 16.3 Å². The van der Waals surface area contributed by atoms with Crippen LogP contribution in [0.15, 0.2) is 24.3 Å². The molecule has 0 heterocycles. The summed E-state index contributed by atoms with van der Waals surface area (Å²) in [7, 11) is -1.25. The highest BCUT2D eigenvalue weighted by atomic mass is 35.5. The van der Waals surface area contributed by atoms with Crippen molar-refractivity contribution in [3.8, 4) is 0 Å². The summed E-state index contributed by atoms with van der Waals surface area (Å²) in [5, 5.41) is 3.33. The molecule has 1 aromatic carbocycles. The molecule has 0 aliphatic rings. The minimum atomic E-state index is -3.03. The summed E-state index contributed by atoms with van der Waals surface area (Å²) in [6.45, 7) is 1.73. The SMILES string of the molecule is CNC(Cc1ccc(Cl)cc1)C(C)S(C)(=O)=O. The molecular formula is C12H18ClNO2S. The minimum absolute atomic E-state index is 0.0915. The van der Waals surface area contributed by atoms with E-state index in [0.29, 0.717) is 11.4 Å². The molecule has 0 bridgehead atoms. The molecule has 96 valence electrons. The second-order valence-electron chi connectivity index (χ2n) is 4.26. The molecule has 17 heavy (non-hydrogen) atoms. The van der Waals surface area contributed by atoms with Crippen LogP contribution in [0.1, 0.15) is 12.5 Å². The van der Waals surface area contributed by atoms with Gasteiger partial charge >= 0.3 is 0 Å². The normalized spacial score (nSPS) is 15.5. The molecule has 5 heteroatoms. The van der Waals surface area contributed by atoms with E-state index < -0.39 is 15.1 Å². The van der Waals surface area contributed by atoms with E-state index in [1.165, 1.54) is 6.26 Å². The molecule has 2 unspecified atom stereocenters. The van der Waals surface area contributed by atoms with Gasteiger partial charge in [0.15, 0.2) is 9.84 Å². The van der Waals surface area contributed by atoms with Gasteiger partial charge in [-0.25, -0.2) is 8.42 Å². The Morgan fingerprint density at radius 2 is 1.82 bits per heavy atom. The lowest BCUT2D eigenvalue weighted by atomic mass is 10.0. The van der Waals surface area contributed by atoms with E-state index in [-0.39, 0.29) is 6.04 Å². The first kappa shape index (κ1) is 14.5. The van der Waals surface area contributed by atoms with E-state index in [2.05, 4.69) is 5.32 Å². The van der Waals surface area contributed by atoms with Crippen LogP contribution in [0.4, 0.5) is 0 Å². The molecule has 2 atom stereocenters. The third kappa shape index (κ3) is 4.30. The molecule has 0 amide bonds. The number of nitrogens with one attached hydrogen (secondary N) is 1. The summed E-state index contributed by atoms with van der Waals surface area (Å²) >= 11 is 5.81. The van der Waals surface area contributed by atoms with E-state index in [4.69, 9.17) is 11.6 Å². The van der Waals surface area contributed by atoms with Gasteiger partial charge in [0.1, 0.15) is 0 Å². The van der Waals surface area contributed by atoms with Crippen LogP contribution in [0.3, 0.4) is 0 Å². The minimum Gasteiger partial charge on any atom is -0.315 e. The monoisotopic (exact) mass is 275 g/mol. The molecular weight excluding hydrogens is 258 g/mol. The van der Waals surface area contributed by atoms with Gasteiger partial charge in [0.2, 0.25) is 0 Å². The van der Waals surface area contributed by atoms with Crippen molar-refractivity contribution < 1.29 is 8.42 Å². The average Bonchev–Trinajstić information content (AvgIpc) is 2.26. The summed E-state index contributed by atoms with van der Waals surface area (Å²) < 4.78 is 23.0. The van der Waals surface area contributed by atoms with Crippen molar-refractivity contribution in [2.45, 2.75) is 24.6 Å². The maximum Gasteiger partial charge on any atom is 0.151 e. The Labute approximate surface area is 108 Å². The number of benzene rings is 1. The van der Waals surface area contributed by atoms with Crippen molar-refractivity contribution in [2.24, 2.45) is 0 Å². The van der Waals surface area contributed by atoms with Crippen LogP contribution in [0.25, 0.3) is 0 Å². The molecule has 0 aromatic heterocycles. The van der Waals surface area contributed by atoms with Gasteiger partial charge < -0.3 is 5.32 Å². The topological polar surface area (TPSA) is 46.2 Å². The maximum absolute atomic E-state index is 11.5. The highest BCUT2D eigenvalue weighted by Crippen LogP contribution is 2.14. The van der Waals surface area contributed by atoms with E-state index in [1.54, 1.807) is 14.0 Å². The lowest BCUT2D eigenvalue weighted by molar-refractivity contribution is 0.516. The predicted molar refractivity (Wildman–Crippen MR) is 72.3 cm³/mol. The van der Waals surface area contributed by atoms with Crippen molar-refractivity contribution in [3.63, 3.8) is 0 Å². The first-order valence-electron chi connectivity index (χ1n) is 5.45. The van der Waals surface area contributed by atoms with Crippen molar-refractivity contribution >= 4 is 21.4 Å². The molecule has 0 aliphatic heterocycles. The maximum atomic E-state index is 11.5. The summed E-state index contributed by atoms with van der Waals surface area (Å²) in [5.74, 6) is 0. The van der Waals surface area contributed by atoms with Crippen LogP contribution in [0.2, 0.25) is 5.02 Å². The first-order chi connectivity index (χ1) is 7.84. The molecule has 0 saturated carbocycles. The van der Waals surface area contributed by atoms with Gasteiger partial charge in [-0.2, -0.15) is 0 Å². The molecule has 1 aromatic rings. The van der Waals surface area contributed by atoms with Crippen molar-refractivity contribution in [1.29, 1.82) is 0 Å². The molecule has 0 aliphatic carbocycles. The zero-order valence-electron chi connectivity index (χ0n) is 10.3. The highest BCUT2D eigenvalue weighted by molar-refractivity contribution is 7.91. The Bertz CT molecular complexity index is 456. The third-order valence-corrected chi connectivity index (χ3v) is 4.91. The van der Waals surface area contributed by atoms with E-state index in [9.17, 15) is 8.42 Å². The van der Waals surface area contributed by atoms with Crippen LogP contribution < -0.4 is 5.32 Å². The molecule has 0 radical (unpaired) electrons. The van der Waals surface area contributed by atoms with Gasteiger partial charge in [-0.15, -0.1) is 0 Å². The Kier molecular flexibility index (Phi) is 4.98. The fourth-order valence-corrected chi connectivity index (χ4v) is 2.63. The quantitative estimate of drug-likeness (QED) is 0.893. The lowest BCUT2D eigenvalue weighted by Gasteiger charge is -2.22. The van der Waals surface area contributed by atoms with Gasteiger partial charge in [0.25, 0.3) is 0 Å². The standard InChI is InChI=1S/C12H18ClNO2S/c1-9(17(3,15)16)12(14-2)8-10-4-6-11(13)7-5-10/h4-7,9,12,14H,8H2,1-3H3. The van der Waals surface area contributed by atoms with Crippen LogP contribution in [-0.4, -0.2) is 33.0 Å². The number of halogens is 1. The zero-order valence-corrected chi connectivity index (χ0v) is 11.8. The molecule has 0 spiro atoms. The van der Waals surface area contributed by atoms with Gasteiger partial charge in [0.05, 0.1) is 5.25 Å². The van der Waals surface area contributed by atoms with Crippen molar-refractivity contribution in [1.82, 2.24) is 5.32 Å². The summed E-state index contributed by atoms with van der Waals surface area (Å²) in [5.41, 5.74) is 1.07. The summed E-state index contributed by atoms with van der Waals surface area (Å²) in [4.78, 5) is 0. The average molecular weight is 276 g/mol. The molecule has 0 fully saturated rings. The van der Waals surface area contributed by atoms with Gasteiger partial charge in [-0.1, -0.05) is 23.7 Å². The molecule has 1 N–H and O–H groups in total. The fraction of sp³-hybridized carbons (Fsp3) is 0.500. The summed E-state index contributed by atoms with van der Waals surface area (Å²) in [6, 6.07) is 7.37. The number of hydrogen-bond donors (Lipinski definition) is 1. The third-order valence-electron chi connectivity index (χ3n) is 2.98. The molecule has 0 saturated heterocycles. The predicted octanol–water partition coefficient (Wildman–Crippen LogP) is 1.90. The van der Waals surface area contributed by atoms with E-state index in [0.717, 1.165) is 5.56 Å². The highest BCUT2D eigenvalue weighted by Gasteiger charge is 2.24. The largest absolute Gasteiger partial charge is 0.315 e. The fourth-order valence-electron chi connectivity index (χ4n) is 1.68. The smallest absolute Gasteiger partial charge is 0.151 e. The van der Waals surface area contributed by atoms with Crippen LogP contribution in [0, 0.1) is 0 Å². The second-order valence-corrected chi connectivity index (χ2v) is 7.10. The van der Waals surface area contributed by atoms with Crippen molar-refractivity contribution in [3.05, 3.63) is 34.9 Å². The van der Waals surface area contributed by atoms with Crippen molar-refractivity contribution in [2.75, 3.05) is 13.3 Å². The Morgan fingerprint density at radius 3 is 2.24 bits per heavy atom. The van der Waals surface area contributed by atoms with Crippen LogP contribution >= 0.6 is 11.6 Å². The Balaban J connectivity index is 2.80. The first-order valence-corrected chi connectivity index (χ1v) is 7.78. The molecule has 3 nitrogen and oxygen atoms in total.